The summed E-state index contributed by atoms with van der Waals surface area (Å²) in [5.41, 5.74) is 1.30. The molecule has 0 fully saturated rings. The van der Waals surface area contributed by atoms with Crippen LogP contribution in [0.1, 0.15) is 37.9 Å². The maximum Gasteiger partial charge on any atom is 0.261 e. The largest absolute Gasteiger partial charge is 0.484 e. The lowest BCUT2D eigenvalue weighted by Gasteiger charge is -2.21. The summed E-state index contributed by atoms with van der Waals surface area (Å²) in [6, 6.07) is 15.2. The Morgan fingerprint density at radius 2 is 1.48 bits per heavy atom. The third kappa shape index (κ3) is 5.26. The molecule has 0 bridgehead atoms. The van der Waals surface area contributed by atoms with Crippen molar-refractivity contribution in [1.29, 1.82) is 0 Å². The van der Waals surface area contributed by atoms with Crippen molar-refractivity contribution in [3.8, 4) is 5.75 Å². The summed E-state index contributed by atoms with van der Waals surface area (Å²) < 4.78 is 16.5. The first-order valence-corrected chi connectivity index (χ1v) is 8.98. The molecule has 0 N–H and O–H groups in total. The fourth-order valence-corrected chi connectivity index (χ4v) is 2.70. The number of furan rings is 2. The van der Waals surface area contributed by atoms with Gasteiger partial charge in [0.2, 0.25) is 0 Å². The molecule has 0 unspecified atom stereocenters. The van der Waals surface area contributed by atoms with Crippen LogP contribution in [0.4, 0.5) is 0 Å². The van der Waals surface area contributed by atoms with Gasteiger partial charge in [0.15, 0.2) is 6.61 Å². The van der Waals surface area contributed by atoms with Crippen LogP contribution in [0.3, 0.4) is 0 Å². The zero-order valence-electron chi connectivity index (χ0n) is 16.0. The number of hydrogen-bond donors (Lipinski definition) is 0. The maximum absolute atomic E-state index is 12.7. The molecule has 0 aliphatic rings. The van der Waals surface area contributed by atoms with E-state index in [1.165, 1.54) is 5.56 Å². The summed E-state index contributed by atoms with van der Waals surface area (Å²) in [5.74, 6) is 1.96. The topological polar surface area (TPSA) is 55.8 Å². The summed E-state index contributed by atoms with van der Waals surface area (Å²) in [5, 5.41) is 0. The van der Waals surface area contributed by atoms with Gasteiger partial charge in [-0.05, 0) is 47.4 Å². The molecule has 0 spiro atoms. The Kier molecular flexibility index (Phi) is 5.69. The van der Waals surface area contributed by atoms with Crippen LogP contribution in [0, 0.1) is 0 Å². The van der Waals surface area contributed by atoms with Crippen molar-refractivity contribution in [3.05, 3.63) is 78.1 Å². The summed E-state index contributed by atoms with van der Waals surface area (Å²) in [6.07, 6.45) is 3.19. The quantitative estimate of drug-likeness (QED) is 0.603. The fraction of sp³-hybridized carbons (Fsp3) is 0.318. The average molecular weight is 367 g/mol. The van der Waals surface area contributed by atoms with Crippen molar-refractivity contribution in [1.82, 2.24) is 4.90 Å². The maximum atomic E-state index is 12.7. The summed E-state index contributed by atoms with van der Waals surface area (Å²) in [6.45, 7) is 7.16. The highest BCUT2D eigenvalue weighted by molar-refractivity contribution is 5.77. The van der Waals surface area contributed by atoms with E-state index in [4.69, 9.17) is 13.6 Å². The van der Waals surface area contributed by atoms with E-state index in [0.717, 1.165) is 0 Å². The zero-order valence-corrected chi connectivity index (χ0v) is 16.0. The van der Waals surface area contributed by atoms with Crippen LogP contribution >= 0.6 is 0 Å². The molecule has 27 heavy (non-hydrogen) atoms. The Hall–Kier alpha value is -2.95. The van der Waals surface area contributed by atoms with Crippen molar-refractivity contribution in [2.75, 3.05) is 6.61 Å². The van der Waals surface area contributed by atoms with Crippen LogP contribution in [-0.4, -0.2) is 17.4 Å². The zero-order chi connectivity index (χ0) is 19.3. The van der Waals surface area contributed by atoms with Crippen LogP contribution in [0.2, 0.25) is 0 Å². The Balaban J connectivity index is 1.63. The highest BCUT2D eigenvalue weighted by Crippen LogP contribution is 2.24. The average Bonchev–Trinajstić information content (AvgIpc) is 3.33. The molecular formula is C22H25NO4. The second-order valence-electron chi connectivity index (χ2n) is 7.47. The van der Waals surface area contributed by atoms with Crippen molar-refractivity contribution in [2.24, 2.45) is 0 Å². The SMILES string of the molecule is CC(C)(C)c1ccc(OCC(=O)N(Cc2ccco2)Cc2ccco2)cc1. The van der Waals surface area contributed by atoms with Crippen molar-refractivity contribution in [3.63, 3.8) is 0 Å². The highest BCUT2D eigenvalue weighted by atomic mass is 16.5. The first kappa shape index (κ1) is 18.8. The third-order valence-corrected chi connectivity index (χ3v) is 4.29. The van der Waals surface area contributed by atoms with E-state index >= 15 is 0 Å². The number of ether oxygens (including phenoxy) is 1. The number of benzene rings is 1. The lowest BCUT2D eigenvalue weighted by Crippen LogP contribution is -2.33. The van der Waals surface area contributed by atoms with E-state index in [0.29, 0.717) is 30.4 Å². The van der Waals surface area contributed by atoms with Crippen LogP contribution in [0.25, 0.3) is 0 Å². The van der Waals surface area contributed by atoms with Gasteiger partial charge in [-0.15, -0.1) is 0 Å². The van der Waals surface area contributed by atoms with E-state index in [-0.39, 0.29) is 17.9 Å². The first-order valence-electron chi connectivity index (χ1n) is 8.98. The molecule has 0 atom stereocenters. The Bertz CT molecular complexity index is 791. The molecule has 2 heterocycles. The van der Waals surface area contributed by atoms with Crippen LogP contribution < -0.4 is 4.74 Å². The number of nitrogens with zero attached hydrogens (tertiary/aromatic N) is 1. The second-order valence-corrected chi connectivity index (χ2v) is 7.47. The van der Waals surface area contributed by atoms with E-state index in [1.807, 2.05) is 36.4 Å². The molecule has 1 amide bonds. The van der Waals surface area contributed by atoms with Crippen molar-refractivity contribution >= 4 is 5.91 Å². The number of hydrogen-bond acceptors (Lipinski definition) is 4. The minimum atomic E-state index is -0.136. The van der Waals surface area contributed by atoms with Gasteiger partial charge in [-0.2, -0.15) is 0 Å². The van der Waals surface area contributed by atoms with E-state index in [9.17, 15) is 4.79 Å². The summed E-state index contributed by atoms with van der Waals surface area (Å²) in [7, 11) is 0. The molecule has 0 aliphatic carbocycles. The minimum Gasteiger partial charge on any atom is -0.484 e. The van der Waals surface area contributed by atoms with Crippen LogP contribution in [0.5, 0.6) is 5.75 Å². The Labute approximate surface area is 159 Å². The number of rotatable bonds is 7. The van der Waals surface area contributed by atoms with Crippen LogP contribution in [0.15, 0.2) is 69.9 Å². The molecule has 1 aromatic carbocycles. The number of amides is 1. The van der Waals surface area contributed by atoms with Crippen molar-refractivity contribution in [2.45, 2.75) is 39.3 Å². The van der Waals surface area contributed by atoms with Gasteiger partial charge in [0.1, 0.15) is 17.3 Å². The molecular weight excluding hydrogens is 342 g/mol. The lowest BCUT2D eigenvalue weighted by molar-refractivity contribution is -0.135. The smallest absolute Gasteiger partial charge is 0.261 e. The van der Waals surface area contributed by atoms with Gasteiger partial charge in [-0.1, -0.05) is 32.9 Å². The van der Waals surface area contributed by atoms with E-state index in [1.54, 1.807) is 29.6 Å². The summed E-state index contributed by atoms with van der Waals surface area (Å²) in [4.78, 5) is 14.4. The minimum absolute atomic E-state index is 0.0454. The lowest BCUT2D eigenvalue weighted by atomic mass is 9.87. The molecule has 142 valence electrons. The molecule has 0 aliphatic heterocycles. The van der Waals surface area contributed by atoms with Crippen molar-refractivity contribution < 1.29 is 18.4 Å². The third-order valence-electron chi connectivity index (χ3n) is 4.29. The normalized spacial score (nSPS) is 11.4. The molecule has 3 aromatic rings. The molecule has 3 rings (SSSR count). The molecule has 5 nitrogen and oxygen atoms in total. The molecule has 0 saturated carbocycles. The summed E-state index contributed by atoms with van der Waals surface area (Å²) >= 11 is 0. The van der Waals surface area contributed by atoms with Gasteiger partial charge in [0, 0.05) is 0 Å². The Morgan fingerprint density at radius 3 is 1.93 bits per heavy atom. The molecule has 0 saturated heterocycles. The predicted molar refractivity (Wildman–Crippen MR) is 102 cm³/mol. The van der Waals surface area contributed by atoms with Gasteiger partial charge in [0.25, 0.3) is 5.91 Å². The van der Waals surface area contributed by atoms with Gasteiger partial charge < -0.3 is 18.5 Å². The molecule has 5 heteroatoms. The van der Waals surface area contributed by atoms with E-state index in [2.05, 4.69) is 20.8 Å². The fourth-order valence-electron chi connectivity index (χ4n) is 2.70. The first-order chi connectivity index (χ1) is 12.9. The number of carbonyl (C=O) groups is 1. The number of carbonyl (C=O) groups excluding carboxylic acids is 1. The van der Waals surface area contributed by atoms with E-state index < -0.39 is 0 Å². The predicted octanol–water partition coefficient (Wildman–Crippen LogP) is 4.78. The van der Waals surface area contributed by atoms with Crippen LogP contribution in [-0.2, 0) is 23.3 Å². The van der Waals surface area contributed by atoms with Gasteiger partial charge in [-0.25, -0.2) is 0 Å². The van der Waals surface area contributed by atoms with Gasteiger partial charge in [0.05, 0.1) is 25.6 Å². The van der Waals surface area contributed by atoms with Gasteiger partial charge in [-0.3, -0.25) is 4.79 Å². The molecule has 2 aromatic heterocycles. The molecule has 0 radical (unpaired) electrons. The Morgan fingerprint density at radius 1 is 0.926 bits per heavy atom. The highest BCUT2D eigenvalue weighted by Gasteiger charge is 2.18. The monoisotopic (exact) mass is 367 g/mol. The standard InChI is InChI=1S/C22H25NO4/c1-22(2,3)17-8-10-18(11-9-17)27-16-21(24)23(14-19-6-4-12-25-19)15-20-7-5-13-26-20/h4-13H,14-16H2,1-3H3. The van der Waals surface area contributed by atoms with Gasteiger partial charge >= 0.3 is 0 Å². The second kappa shape index (κ2) is 8.16.